The van der Waals surface area contributed by atoms with Crippen molar-refractivity contribution in [1.29, 1.82) is 0 Å². The van der Waals surface area contributed by atoms with Gasteiger partial charge in [0.1, 0.15) is 17.4 Å². The van der Waals surface area contributed by atoms with Crippen molar-refractivity contribution in [2.75, 3.05) is 6.61 Å². The number of benzene rings is 3. The highest BCUT2D eigenvalue weighted by atomic mass is 19.1. The normalized spacial score (nSPS) is 17.5. The second-order valence-electron chi connectivity index (χ2n) is 11.5. The number of rotatable bonds is 11. The average Bonchev–Trinajstić information content (AvgIpc) is 2.95. The standard InChI is InChI=1S/C36H46F2O/c1-6-25(7-2)18-19-39-36-26(8-3)20-31(21-27(36)9-4)33-17-15-30(23-35(33)38)32-16-14-29(22-34(32)37)28-12-10-24(5)11-13-28/h14-17,20-25,28H,6-13,18-19H2,1-5H3. The lowest BCUT2D eigenvalue weighted by atomic mass is 9.79. The minimum absolute atomic E-state index is 0.269. The molecule has 0 amide bonds. The molecule has 4 rings (SSSR count). The fourth-order valence-corrected chi connectivity index (χ4v) is 6.17. The summed E-state index contributed by atoms with van der Waals surface area (Å²) in [7, 11) is 0. The molecule has 0 aromatic heterocycles. The van der Waals surface area contributed by atoms with Crippen LogP contribution in [-0.4, -0.2) is 6.61 Å². The second-order valence-corrected chi connectivity index (χ2v) is 11.5. The zero-order chi connectivity index (χ0) is 27.9. The third-order valence-corrected chi connectivity index (χ3v) is 9.00. The lowest BCUT2D eigenvalue weighted by molar-refractivity contribution is 0.268. The van der Waals surface area contributed by atoms with Gasteiger partial charge in [-0.15, -0.1) is 0 Å². The van der Waals surface area contributed by atoms with Crippen LogP contribution in [0.4, 0.5) is 8.78 Å². The van der Waals surface area contributed by atoms with Crippen LogP contribution in [-0.2, 0) is 12.8 Å². The van der Waals surface area contributed by atoms with E-state index >= 15 is 8.78 Å². The van der Waals surface area contributed by atoms with Gasteiger partial charge in [0.25, 0.3) is 0 Å². The molecule has 1 fully saturated rings. The topological polar surface area (TPSA) is 9.23 Å². The van der Waals surface area contributed by atoms with Crippen molar-refractivity contribution in [3.63, 3.8) is 0 Å². The van der Waals surface area contributed by atoms with Crippen LogP contribution in [0.5, 0.6) is 5.75 Å². The van der Waals surface area contributed by atoms with Crippen LogP contribution in [0.25, 0.3) is 22.3 Å². The predicted octanol–water partition coefficient (Wildman–Crippen LogP) is 10.9. The van der Waals surface area contributed by atoms with Gasteiger partial charge in [-0.05, 0) is 102 Å². The highest BCUT2D eigenvalue weighted by Gasteiger charge is 2.21. The minimum atomic E-state index is -0.330. The van der Waals surface area contributed by atoms with Gasteiger partial charge < -0.3 is 4.74 Å². The molecule has 0 bridgehead atoms. The second kappa shape index (κ2) is 13.6. The molecule has 1 nitrogen and oxygen atoms in total. The summed E-state index contributed by atoms with van der Waals surface area (Å²) in [5, 5.41) is 0. The van der Waals surface area contributed by atoms with Crippen LogP contribution in [0, 0.1) is 23.5 Å². The van der Waals surface area contributed by atoms with Gasteiger partial charge in [-0.3, -0.25) is 0 Å². The summed E-state index contributed by atoms with van der Waals surface area (Å²) in [6.07, 6.45) is 9.66. The summed E-state index contributed by atoms with van der Waals surface area (Å²) in [4.78, 5) is 0. The minimum Gasteiger partial charge on any atom is -0.493 e. The zero-order valence-electron chi connectivity index (χ0n) is 24.6. The van der Waals surface area contributed by atoms with Crippen LogP contribution in [0.15, 0.2) is 48.5 Å². The molecule has 0 heterocycles. The number of hydrogen-bond acceptors (Lipinski definition) is 1. The van der Waals surface area contributed by atoms with Gasteiger partial charge in [0.05, 0.1) is 6.61 Å². The summed E-state index contributed by atoms with van der Waals surface area (Å²) >= 11 is 0. The van der Waals surface area contributed by atoms with Crippen LogP contribution in [0.2, 0.25) is 0 Å². The number of hydrogen-bond donors (Lipinski definition) is 0. The lowest BCUT2D eigenvalue weighted by Crippen LogP contribution is -2.11. The third-order valence-electron chi connectivity index (χ3n) is 9.00. The first-order valence-corrected chi connectivity index (χ1v) is 15.3. The highest BCUT2D eigenvalue weighted by molar-refractivity contribution is 5.73. The van der Waals surface area contributed by atoms with E-state index in [1.54, 1.807) is 12.1 Å². The summed E-state index contributed by atoms with van der Waals surface area (Å²) in [6, 6.07) is 14.8. The Hall–Kier alpha value is -2.68. The SMILES string of the molecule is CCc1cc(-c2ccc(-c3ccc(C4CCC(C)CC4)cc3F)cc2F)cc(CC)c1OCCC(CC)CC. The van der Waals surface area contributed by atoms with Crippen molar-refractivity contribution >= 4 is 0 Å². The van der Waals surface area contributed by atoms with Crippen LogP contribution in [0.3, 0.4) is 0 Å². The van der Waals surface area contributed by atoms with Crippen molar-refractivity contribution in [3.8, 4) is 28.0 Å². The Bertz CT molecular complexity index is 1210. The van der Waals surface area contributed by atoms with Crippen molar-refractivity contribution < 1.29 is 13.5 Å². The predicted molar refractivity (Wildman–Crippen MR) is 161 cm³/mol. The van der Waals surface area contributed by atoms with Crippen molar-refractivity contribution in [2.24, 2.45) is 11.8 Å². The Morgan fingerprint density at radius 3 is 1.90 bits per heavy atom. The van der Waals surface area contributed by atoms with E-state index in [4.69, 9.17) is 4.74 Å². The van der Waals surface area contributed by atoms with E-state index in [2.05, 4.69) is 46.8 Å². The monoisotopic (exact) mass is 532 g/mol. The maximum atomic E-state index is 15.5. The Morgan fingerprint density at radius 2 is 1.33 bits per heavy atom. The Labute approximate surface area is 235 Å². The molecule has 0 N–H and O–H groups in total. The molecule has 0 atom stereocenters. The molecule has 210 valence electrons. The maximum absolute atomic E-state index is 15.5. The van der Waals surface area contributed by atoms with Crippen molar-refractivity contribution in [3.05, 3.63) is 76.9 Å². The molecule has 3 heteroatoms. The maximum Gasteiger partial charge on any atom is 0.131 e. The van der Waals surface area contributed by atoms with Gasteiger partial charge in [-0.1, -0.05) is 84.6 Å². The van der Waals surface area contributed by atoms with E-state index in [0.29, 0.717) is 35.1 Å². The number of ether oxygens (including phenoxy) is 1. The van der Waals surface area contributed by atoms with Crippen LogP contribution < -0.4 is 4.74 Å². The molecule has 3 aromatic rings. The first kappa shape index (κ1) is 29.3. The summed E-state index contributed by atoms with van der Waals surface area (Å²) in [6.45, 7) is 11.7. The summed E-state index contributed by atoms with van der Waals surface area (Å²) < 4.78 is 37.1. The molecule has 0 aliphatic heterocycles. The van der Waals surface area contributed by atoms with E-state index in [9.17, 15) is 0 Å². The first-order chi connectivity index (χ1) is 18.9. The Kier molecular flexibility index (Phi) is 10.2. The Balaban J connectivity index is 1.57. The van der Waals surface area contributed by atoms with Gasteiger partial charge in [0, 0.05) is 11.1 Å². The lowest BCUT2D eigenvalue weighted by Gasteiger charge is -2.26. The van der Waals surface area contributed by atoms with Crippen LogP contribution in [0.1, 0.15) is 102 Å². The molecular formula is C36H46F2O. The van der Waals surface area contributed by atoms with Crippen LogP contribution >= 0.6 is 0 Å². The molecule has 0 radical (unpaired) electrons. The van der Waals surface area contributed by atoms with E-state index in [-0.39, 0.29) is 11.6 Å². The molecule has 0 saturated heterocycles. The molecule has 0 unspecified atom stereocenters. The van der Waals surface area contributed by atoms with Crippen molar-refractivity contribution in [2.45, 2.75) is 98.3 Å². The van der Waals surface area contributed by atoms with E-state index in [1.165, 1.54) is 31.7 Å². The smallest absolute Gasteiger partial charge is 0.131 e. The van der Waals surface area contributed by atoms with Crippen molar-refractivity contribution in [1.82, 2.24) is 0 Å². The largest absolute Gasteiger partial charge is 0.493 e. The van der Waals surface area contributed by atoms with E-state index in [1.807, 2.05) is 18.2 Å². The van der Waals surface area contributed by atoms with Gasteiger partial charge in [-0.25, -0.2) is 8.78 Å². The highest BCUT2D eigenvalue weighted by Crippen LogP contribution is 2.38. The van der Waals surface area contributed by atoms with E-state index in [0.717, 1.165) is 66.0 Å². The number of aryl methyl sites for hydroxylation is 2. The quantitative estimate of drug-likeness (QED) is 0.239. The molecule has 3 aromatic carbocycles. The molecule has 39 heavy (non-hydrogen) atoms. The third kappa shape index (κ3) is 6.91. The van der Waals surface area contributed by atoms with Gasteiger partial charge >= 0.3 is 0 Å². The number of halogens is 2. The average molecular weight is 533 g/mol. The molecule has 0 spiro atoms. The summed E-state index contributed by atoms with van der Waals surface area (Å²) in [5.41, 5.74) is 5.71. The van der Waals surface area contributed by atoms with Gasteiger partial charge in [-0.2, -0.15) is 0 Å². The van der Waals surface area contributed by atoms with Gasteiger partial charge in [0.2, 0.25) is 0 Å². The van der Waals surface area contributed by atoms with Gasteiger partial charge in [0.15, 0.2) is 0 Å². The fourth-order valence-electron chi connectivity index (χ4n) is 6.17. The Morgan fingerprint density at radius 1 is 0.744 bits per heavy atom. The molecule has 1 saturated carbocycles. The molecule has 1 aliphatic carbocycles. The molecule has 1 aliphatic rings. The summed E-state index contributed by atoms with van der Waals surface area (Å²) in [5.74, 6) is 2.23. The first-order valence-electron chi connectivity index (χ1n) is 15.3. The fraction of sp³-hybridized carbons (Fsp3) is 0.500. The van der Waals surface area contributed by atoms with E-state index < -0.39 is 0 Å². The molecular weight excluding hydrogens is 486 g/mol. The zero-order valence-corrected chi connectivity index (χ0v) is 24.6.